The Morgan fingerprint density at radius 2 is 2.15 bits per heavy atom. The highest BCUT2D eigenvalue weighted by molar-refractivity contribution is 5.86. The summed E-state index contributed by atoms with van der Waals surface area (Å²) in [6.45, 7) is 0.548. The monoisotopic (exact) mass is 268 g/mol. The number of para-hydroxylation sites is 1. The van der Waals surface area contributed by atoms with Gasteiger partial charge in [-0.15, -0.1) is 0 Å². The van der Waals surface area contributed by atoms with Crippen LogP contribution in [0.15, 0.2) is 48.8 Å². The van der Waals surface area contributed by atoms with Gasteiger partial charge in [-0.1, -0.05) is 18.2 Å². The van der Waals surface area contributed by atoms with Crippen molar-refractivity contribution in [2.24, 2.45) is 5.92 Å². The molecular weight excluding hydrogens is 252 g/mol. The van der Waals surface area contributed by atoms with Gasteiger partial charge in [-0.05, 0) is 37.0 Å². The summed E-state index contributed by atoms with van der Waals surface area (Å²) in [7, 11) is 0. The third-order valence-electron chi connectivity index (χ3n) is 3.19. The lowest BCUT2D eigenvalue weighted by Gasteiger charge is -1.98. The molecular formula is C16H16N2O2. The summed E-state index contributed by atoms with van der Waals surface area (Å²) >= 11 is 0. The molecule has 0 amide bonds. The smallest absolute Gasteiger partial charge is 0.330 e. The second kappa shape index (κ2) is 5.74. The highest BCUT2D eigenvalue weighted by atomic mass is 16.5. The number of nitrogens with zero attached hydrogens (tertiary/aromatic N) is 2. The maximum absolute atomic E-state index is 11.5. The molecule has 1 aliphatic rings. The highest BCUT2D eigenvalue weighted by Gasteiger charge is 2.22. The lowest BCUT2D eigenvalue weighted by Crippen LogP contribution is -2.03. The van der Waals surface area contributed by atoms with Crippen molar-refractivity contribution < 1.29 is 9.53 Å². The number of rotatable bonds is 5. The standard InChI is InChI=1S/C16H16N2O2/c19-16(20-12-13-6-7-13)9-8-14-10-17-18(11-14)15-4-2-1-3-5-15/h1-5,8-11,13H,6-7,12H2/b9-8-. The summed E-state index contributed by atoms with van der Waals surface area (Å²) in [6, 6.07) is 9.84. The molecule has 0 unspecified atom stereocenters. The van der Waals surface area contributed by atoms with Crippen LogP contribution in [0.2, 0.25) is 0 Å². The van der Waals surface area contributed by atoms with Gasteiger partial charge < -0.3 is 4.74 Å². The van der Waals surface area contributed by atoms with Crippen LogP contribution in [0.25, 0.3) is 11.8 Å². The minimum atomic E-state index is -0.288. The fraction of sp³-hybridized carbons (Fsp3) is 0.250. The summed E-state index contributed by atoms with van der Waals surface area (Å²) in [5.74, 6) is 0.303. The van der Waals surface area contributed by atoms with E-state index >= 15 is 0 Å². The van der Waals surface area contributed by atoms with Gasteiger partial charge in [-0.25, -0.2) is 9.48 Å². The highest BCUT2D eigenvalue weighted by Crippen LogP contribution is 2.28. The topological polar surface area (TPSA) is 44.1 Å². The third kappa shape index (κ3) is 3.35. The third-order valence-corrected chi connectivity index (χ3v) is 3.19. The number of benzene rings is 1. The van der Waals surface area contributed by atoms with Crippen molar-refractivity contribution >= 4 is 12.0 Å². The molecule has 2 aromatic rings. The number of aromatic nitrogens is 2. The summed E-state index contributed by atoms with van der Waals surface area (Å²) < 4.78 is 6.90. The van der Waals surface area contributed by atoms with E-state index in [9.17, 15) is 4.79 Å². The first kappa shape index (κ1) is 12.7. The molecule has 1 saturated carbocycles. The van der Waals surface area contributed by atoms with Gasteiger partial charge in [0.15, 0.2) is 0 Å². The molecule has 20 heavy (non-hydrogen) atoms. The summed E-state index contributed by atoms with van der Waals surface area (Å²) in [5.41, 5.74) is 1.86. The number of esters is 1. The second-order valence-electron chi connectivity index (χ2n) is 4.96. The van der Waals surface area contributed by atoms with E-state index in [0.29, 0.717) is 12.5 Å². The quantitative estimate of drug-likeness (QED) is 0.618. The fourth-order valence-corrected chi connectivity index (χ4v) is 1.84. The molecule has 102 valence electrons. The SMILES string of the molecule is O=C(/C=C\c1cnn(-c2ccccc2)c1)OCC1CC1. The van der Waals surface area contributed by atoms with Gasteiger partial charge in [0.1, 0.15) is 0 Å². The zero-order chi connectivity index (χ0) is 13.8. The molecule has 0 atom stereocenters. The lowest BCUT2D eigenvalue weighted by molar-refractivity contribution is -0.138. The number of hydrogen-bond acceptors (Lipinski definition) is 3. The summed E-state index contributed by atoms with van der Waals surface area (Å²) in [5, 5.41) is 4.26. The van der Waals surface area contributed by atoms with E-state index in [1.54, 1.807) is 17.0 Å². The molecule has 4 heteroatoms. The Labute approximate surface area is 117 Å². The van der Waals surface area contributed by atoms with Crippen LogP contribution in [0.1, 0.15) is 18.4 Å². The van der Waals surface area contributed by atoms with Crippen molar-refractivity contribution in [3.8, 4) is 5.69 Å². The largest absolute Gasteiger partial charge is 0.462 e. The predicted octanol–water partition coefficient (Wildman–Crippen LogP) is 2.84. The Hall–Kier alpha value is -2.36. The Morgan fingerprint density at radius 3 is 2.90 bits per heavy atom. The molecule has 1 aromatic heterocycles. The minimum absolute atomic E-state index is 0.288. The van der Waals surface area contributed by atoms with Crippen LogP contribution >= 0.6 is 0 Å². The Kier molecular flexibility index (Phi) is 3.63. The first-order valence-corrected chi connectivity index (χ1v) is 6.76. The predicted molar refractivity (Wildman–Crippen MR) is 76.3 cm³/mol. The molecule has 0 bridgehead atoms. The number of ether oxygens (including phenoxy) is 1. The van der Waals surface area contributed by atoms with Crippen molar-refractivity contribution in [2.45, 2.75) is 12.8 Å². The Bertz CT molecular complexity index is 612. The number of hydrogen-bond donors (Lipinski definition) is 0. The van der Waals surface area contributed by atoms with E-state index in [1.807, 2.05) is 36.5 Å². The van der Waals surface area contributed by atoms with E-state index in [0.717, 1.165) is 11.3 Å². The minimum Gasteiger partial charge on any atom is -0.462 e. The van der Waals surface area contributed by atoms with Crippen LogP contribution in [0.3, 0.4) is 0 Å². The van der Waals surface area contributed by atoms with E-state index in [-0.39, 0.29) is 5.97 Å². The zero-order valence-corrected chi connectivity index (χ0v) is 11.1. The first-order chi connectivity index (χ1) is 9.81. The van der Waals surface area contributed by atoms with Crippen molar-refractivity contribution in [3.63, 3.8) is 0 Å². The van der Waals surface area contributed by atoms with E-state index in [2.05, 4.69) is 5.10 Å². The average molecular weight is 268 g/mol. The molecule has 1 aliphatic carbocycles. The second-order valence-corrected chi connectivity index (χ2v) is 4.96. The molecule has 0 radical (unpaired) electrons. The molecule has 1 heterocycles. The van der Waals surface area contributed by atoms with Gasteiger partial charge in [-0.2, -0.15) is 5.10 Å². The fourth-order valence-electron chi connectivity index (χ4n) is 1.84. The van der Waals surface area contributed by atoms with Crippen LogP contribution < -0.4 is 0 Å². The van der Waals surface area contributed by atoms with Gasteiger partial charge >= 0.3 is 5.97 Å². The van der Waals surface area contributed by atoms with Crippen molar-refractivity contribution in [3.05, 3.63) is 54.4 Å². The van der Waals surface area contributed by atoms with Gasteiger partial charge in [0, 0.05) is 17.8 Å². The summed E-state index contributed by atoms with van der Waals surface area (Å²) in [6.07, 6.45) is 9.13. The molecule has 4 nitrogen and oxygen atoms in total. The van der Waals surface area contributed by atoms with Crippen LogP contribution in [0.4, 0.5) is 0 Å². The van der Waals surface area contributed by atoms with Crippen molar-refractivity contribution in [1.82, 2.24) is 9.78 Å². The van der Waals surface area contributed by atoms with Crippen molar-refractivity contribution in [1.29, 1.82) is 0 Å². The Morgan fingerprint density at radius 1 is 1.35 bits per heavy atom. The first-order valence-electron chi connectivity index (χ1n) is 6.76. The molecule has 0 N–H and O–H groups in total. The molecule has 1 aromatic carbocycles. The summed E-state index contributed by atoms with van der Waals surface area (Å²) in [4.78, 5) is 11.5. The van der Waals surface area contributed by atoms with Crippen molar-refractivity contribution in [2.75, 3.05) is 6.61 Å². The molecule has 1 fully saturated rings. The average Bonchev–Trinajstić information content (AvgIpc) is 3.20. The maximum atomic E-state index is 11.5. The number of carbonyl (C=O) groups excluding carboxylic acids is 1. The van der Waals surface area contributed by atoms with Gasteiger partial charge in [0.2, 0.25) is 0 Å². The van der Waals surface area contributed by atoms with Gasteiger partial charge in [0.25, 0.3) is 0 Å². The van der Waals surface area contributed by atoms with Gasteiger partial charge in [-0.3, -0.25) is 0 Å². The van der Waals surface area contributed by atoms with Crippen LogP contribution in [-0.4, -0.2) is 22.4 Å². The van der Waals surface area contributed by atoms with Crippen LogP contribution in [-0.2, 0) is 9.53 Å². The Balaban J connectivity index is 1.60. The van der Waals surface area contributed by atoms with E-state index < -0.39 is 0 Å². The van der Waals surface area contributed by atoms with E-state index in [4.69, 9.17) is 4.74 Å². The zero-order valence-electron chi connectivity index (χ0n) is 11.1. The molecule has 3 rings (SSSR count). The normalized spacial score (nSPS) is 14.6. The number of carbonyl (C=O) groups is 1. The molecule has 0 saturated heterocycles. The maximum Gasteiger partial charge on any atom is 0.330 e. The van der Waals surface area contributed by atoms with Crippen LogP contribution in [0, 0.1) is 5.92 Å². The molecule has 0 spiro atoms. The van der Waals surface area contributed by atoms with Crippen LogP contribution in [0.5, 0.6) is 0 Å². The van der Waals surface area contributed by atoms with Gasteiger partial charge in [0.05, 0.1) is 18.5 Å². The lowest BCUT2D eigenvalue weighted by atomic mass is 10.3. The van der Waals surface area contributed by atoms with E-state index in [1.165, 1.54) is 18.9 Å². The molecule has 0 aliphatic heterocycles.